The fourth-order valence-electron chi connectivity index (χ4n) is 4.95. The average molecular weight is 409 g/mol. The molecule has 0 radical (unpaired) electrons. The van der Waals surface area contributed by atoms with Crippen molar-refractivity contribution in [2.45, 2.75) is 43.3 Å². The molecule has 3 aromatic rings. The van der Waals surface area contributed by atoms with Crippen LogP contribution in [-0.2, 0) is 13.1 Å². The van der Waals surface area contributed by atoms with Crippen molar-refractivity contribution in [3.8, 4) is 0 Å². The van der Waals surface area contributed by atoms with Gasteiger partial charge in [0, 0.05) is 41.9 Å². The first kappa shape index (κ1) is 18.9. The summed E-state index contributed by atoms with van der Waals surface area (Å²) in [5.41, 5.74) is 1.55. The number of likely N-dealkylation sites (tertiary alicyclic amines) is 1. The fraction of sp³-hybridized carbons (Fsp3) is 0.375. The van der Waals surface area contributed by atoms with E-state index in [1.807, 2.05) is 24.3 Å². The number of hydrogen-bond acceptors (Lipinski definition) is 3. The molecule has 1 aliphatic carbocycles. The summed E-state index contributed by atoms with van der Waals surface area (Å²) in [5.74, 6) is 1.28. The lowest BCUT2D eigenvalue weighted by molar-refractivity contribution is 0.204. The summed E-state index contributed by atoms with van der Waals surface area (Å²) in [6, 6.07) is 17.6. The zero-order valence-corrected chi connectivity index (χ0v) is 17.2. The van der Waals surface area contributed by atoms with Crippen LogP contribution >= 0.6 is 11.8 Å². The summed E-state index contributed by atoms with van der Waals surface area (Å²) in [4.78, 5) is 17.0. The minimum atomic E-state index is -0.300. The van der Waals surface area contributed by atoms with E-state index >= 15 is 0 Å². The lowest BCUT2D eigenvalue weighted by atomic mass is 10.1. The lowest BCUT2D eigenvalue weighted by Gasteiger charge is -2.27. The molecule has 0 amide bonds. The SMILES string of the molecule is O=c1c(CN2C[C@H]3CC[C@H]2C3)cc2ccc(F)cc2n1CCSc1ccccc1. The Morgan fingerprint density at radius 1 is 1.07 bits per heavy atom. The Labute approximate surface area is 174 Å². The number of halogens is 1. The van der Waals surface area contributed by atoms with Crippen molar-refractivity contribution in [1.29, 1.82) is 0 Å². The minimum Gasteiger partial charge on any atom is -0.307 e. The van der Waals surface area contributed by atoms with Gasteiger partial charge in [0.25, 0.3) is 5.56 Å². The number of nitrogens with zero attached hydrogens (tertiary/aromatic N) is 2. The number of aryl methyl sites for hydroxylation is 1. The largest absolute Gasteiger partial charge is 0.307 e. The van der Waals surface area contributed by atoms with Gasteiger partial charge in [-0.3, -0.25) is 9.69 Å². The molecule has 0 spiro atoms. The molecule has 1 saturated carbocycles. The van der Waals surface area contributed by atoms with Crippen molar-refractivity contribution in [2.75, 3.05) is 12.3 Å². The molecular formula is C24H25FN2OS. The first-order valence-corrected chi connectivity index (χ1v) is 11.4. The summed E-state index contributed by atoms with van der Waals surface area (Å²) in [7, 11) is 0. The molecule has 2 aromatic carbocycles. The van der Waals surface area contributed by atoms with Crippen molar-refractivity contribution in [2.24, 2.45) is 5.92 Å². The number of benzene rings is 2. The van der Waals surface area contributed by atoms with Gasteiger partial charge in [-0.1, -0.05) is 18.2 Å². The number of hydrogen-bond donors (Lipinski definition) is 0. The van der Waals surface area contributed by atoms with Crippen molar-refractivity contribution in [3.63, 3.8) is 0 Å². The predicted octanol–water partition coefficient (Wildman–Crippen LogP) is 4.92. The van der Waals surface area contributed by atoms with Crippen LogP contribution in [0.2, 0.25) is 0 Å². The van der Waals surface area contributed by atoms with Crippen LogP contribution < -0.4 is 5.56 Å². The highest BCUT2D eigenvalue weighted by atomic mass is 32.2. The highest BCUT2D eigenvalue weighted by Gasteiger charge is 2.37. The molecule has 150 valence electrons. The molecule has 1 saturated heterocycles. The van der Waals surface area contributed by atoms with E-state index in [2.05, 4.69) is 17.0 Å². The van der Waals surface area contributed by atoms with Crippen LogP contribution in [0.25, 0.3) is 10.9 Å². The van der Waals surface area contributed by atoms with Gasteiger partial charge in [-0.2, -0.15) is 0 Å². The number of thioether (sulfide) groups is 1. The molecule has 5 rings (SSSR count). The van der Waals surface area contributed by atoms with Crippen LogP contribution in [0.5, 0.6) is 0 Å². The monoisotopic (exact) mass is 408 g/mol. The van der Waals surface area contributed by atoms with Gasteiger partial charge in [-0.15, -0.1) is 11.8 Å². The van der Waals surface area contributed by atoms with E-state index in [1.54, 1.807) is 22.4 Å². The molecule has 2 heterocycles. The van der Waals surface area contributed by atoms with Crippen LogP contribution in [0.4, 0.5) is 4.39 Å². The highest BCUT2D eigenvalue weighted by molar-refractivity contribution is 7.99. The molecule has 2 bridgehead atoms. The fourth-order valence-corrected chi connectivity index (χ4v) is 5.81. The Morgan fingerprint density at radius 2 is 1.93 bits per heavy atom. The van der Waals surface area contributed by atoms with Gasteiger partial charge in [-0.05, 0) is 67.0 Å². The van der Waals surface area contributed by atoms with E-state index in [9.17, 15) is 9.18 Å². The van der Waals surface area contributed by atoms with Gasteiger partial charge in [0.1, 0.15) is 5.82 Å². The standard InChI is InChI=1S/C24H25FN2OS/c25-20-8-7-18-13-19(16-26-15-17-6-9-21(26)12-17)24(28)27(23(18)14-20)10-11-29-22-4-2-1-3-5-22/h1-5,7-8,13-14,17,21H,6,9-12,15-16H2/t17-,21-/m0/s1. The molecule has 1 aliphatic heterocycles. The molecule has 2 fully saturated rings. The third-order valence-electron chi connectivity index (χ3n) is 6.36. The Kier molecular flexibility index (Phi) is 5.18. The number of rotatable bonds is 6. The first-order chi connectivity index (χ1) is 14.2. The maximum atomic E-state index is 13.9. The van der Waals surface area contributed by atoms with Crippen LogP contribution in [0, 0.1) is 11.7 Å². The quantitative estimate of drug-likeness (QED) is 0.542. The van der Waals surface area contributed by atoms with Gasteiger partial charge >= 0.3 is 0 Å². The van der Waals surface area contributed by atoms with E-state index in [4.69, 9.17) is 0 Å². The van der Waals surface area contributed by atoms with Crippen molar-refractivity contribution in [3.05, 3.63) is 76.3 Å². The molecule has 2 atom stereocenters. The number of piperidine rings is 1. The second kappa shape index (κ2) is 7.96. The smallest absolute Gasteiger partial charge is 0.255 e. The van der Waals surface area contributed by atoms with Crippen LogP contribution in [0.15, 0.2) is 64.3 Å². The molecule has 5 heteroatoms. The first-order valence-electron chi connectivity index (χ1n) is 10.4. The van der Waals surface area contributed by atoms with Gasteiger partial charge in [0.2, 0.25) is 0 Å². The van der Waals surface area contributed by atoms with E-state index < -0.39 is 0 Å². The highest BCUT2D eigenvalue weighted by Crippen LogP contribution is 2.38. The summed E-state index contributed by atoms with van der Waals surface area (Å²) in [6.45, 7) is 2.38. The van der Waals surface area contributed by atoms with Crippen molar-refractivity contribution in [1.82, 2.24) is 9.47 Å². The number of fused-ring (bicyclic) bond motifs is 3. The summed E-state index contributed by atoms with van der Waals surface area (Å²) in [6.07, 6.45) is 3.87. The maximum absolute atomic E-state index is 13.9. The Hall–Kier alpha value is -2.11. The van der Waals surface area contributed by atoms with E-state index in [1.165, 1.54) is 36.3 Å². The number of aromatic nitrogens is 1. The zero-order valence-electron chi connectivity index (χ0n) is 16.4. The Morgan fingerprint density at radius 3 is 2.69 bits per heavy atom. The Balaban J connectivity index is 1.44. The average Bonchev–Trinajstić information content (AvgIpc) is 3.35. The summed E-state index contributed by atoms with van der Waals surface area (Å²) < 4.78 is 15.7. The maximum Gasteiger partial charge on any atom is 0.255 e. The molecule has 0 unspecified atom stereocenters. The molecule has 29 heavy (non-hydrogen) atoms. The normalized spacial score (nSPS) is 21.3. The van der Waals surface area contributed by atoms with E-state index in [0.29, 0.717) is 24.6 Å². The number of pyridine rings is 1. The van der Waals surface area contributed by atoms with Gasteiger partial charge in [0.15, 0.2) is 0 Å². The predicted molar refractivity (Wildman–Crippen MR) is 117 cm³/mol. The van der Waals surface area contributed by atoms with Gasteiger partial charge in [0.05, 0.1) is 5.52 Å². The van der Waals surface area contributed by atoms with Crippen LogP contribution in [0.1, 0.15) is 24.8 Å². The summed E-state index contributed by atoms with van der Waals surface area (Å²) >= 11 is 1.72. The topological polar surface area (TPSA) is 25.2 Å². The van der Waals surface area contributed by atoms with E-state index in [0.717, 1.165) is 29.2 Å². The lowest BCUT2D eigenvalue weighted by Crippen LogP contribution is -2.35. The zero-order chi connectivity index (χ0) is 19.8. The molecule has 0 N–H and O–H groups in total. The molecule has 2 aliphatic rings. The third-order valence-corrected chi connectivity index (χ3v) is 7.35. The Bertz CT molecular complexity index is 1080. The minimum absolute atomic E-state index is 0.0273. The van der Waals surface area contributed by atoms with Crippen molar-refractivity contribution < 1.29 is 4.39 Å². The van der Waals surface area contributed by atoms with E-state index in [-0.39, 0.29) is 11.4 Å². The van der Waals surface area contributed by atoms with Gasteiger partial charge in [-0.25, -0.2) is 4.39 Å². The van der Waals surface area contributed by atoms with Gasteiger partial charge < -0.3 is 4.57 Å². The second-order valence-electron chi connectivity index (χ2n) is 8.25. The second-order valence-corrected chi connectivity index (χ2v) is 9.42. The third kappa shape index (κ3) is 3.86. The summed E-state index contributed by atoms with van der Waals surface area (Å²) in [5, 5.41) is 0.940. The molecule has 3 nitrogen and oxygen atoms in total. The molecular weight excluding hydrogens is 383 g/mol. The van der Waals surface area contributed by atoms with Crippen LogP contribution in [-0.4, -0.2) is 27.8 Å². The van der Waals surface area contributed by atoms with Crippen LogP contribution in [0.3, 0.4) is 0 Å². The molecule has 1 aromatic heterocycles. The van der Waals surface area contributed by atoms with Crippen molar-refractivity contribution >= 4 is 22.7 Å².